The Kier molecular flexibility index (Phi) is 4.34. The highest BCUT2D eigenvalue weighted by atomic mass is 19.4. The summed E-state index contributed by atoms with van der Waals surface area (Å²) in [4.78, 5) is 25.3. The number of rotatable bonds is 5. The van der Waals surface area contributed by atoms with Gasteiger partial charge in [0.05, 0.1) is 11.3 Å². The molecule has 0 unspecified atom stereocenters. The molecule has 0 saturated heterocycles. The van der Waals surface area contributed by atoms with Crippen LogP contribution in [0.2, 0.25) is 0 Å². The maximum atomic E-state index is 13.0. The average Bonchev–Trinajstić information content (AvgIpc) is 2.92. The number of nitrogens with zero attached hydrogens (tertiary/aromatic N) is 2. The minimum atomic E-state index is -4.58. The third-order valence-corrected chi connectivity index (χ3v) is 3.64. The summed E-state index contributed by atoms with van der Waals surface area (Å²) in [5, 5.41) is 8.74. The number of aryl methyl sites for hydroxylation is 1. The maximum Gasteiger partial charge on any atom is 0.417 e. The highest BCUT2D eigenvalue weighted by Crippen LogP contribution is 2.31. The summed E-state index contributed by atoms with van der Waals surface area (Å²) in [6.45, 7) is 0.352. The van der Waals surface area contributed by atoms with Crippen molar-refractivity contribution in [1.82, 2.24) is 19.6 Å². The van der Waals surface area contributed by atoms with Crippen molar-refractivity contribution in [2.24, 2.45) is 0 Å². The lowest BCUT2D eigenvalue weighted by Gasteiger charge is -2.12. The quantitative estimate of drug-likeness (QED) is 0.609. The van der Waals surface area contributed by atoms with Crippen molar-refractivity contribution in [3.63, 3.8) is 0 Å². The first kappa shape index (κ1) is 16.8. The normalized spacial score (nSPS) is 11.8. The monoisotopic (exact) mass is 353 g/mol. The van der Waals surface area contributed by atoms with Crippen LogP contribution in [0.4, 0.5) is 18.9 Å². The van der Waals surface area contributed by atoms with Gasteiger partial charge < -0.3 is 10.3 Å². The van der Waals surface area contributed by atoms with E-state index in [0.717, 1.165) is 16.0 Å². The lowest BCUT2D eigenvalue weighted by molar-refractivity contribution is -0.137. The molecule has 0 radical (unpaired) electrons. The Balaban J connectivity index is 1.76. The summed E-state index contributed by atoms with van der Waals surface area (Å²) in [6.07, 6.45) is -1.16. The molecule has 3 aromatic rings. The van der Waals surface area contributed by atoms with Gasteiger partial charge in [-0.2, -0.15) is 18.3 Å². The predicted octanol–water partition coefficient (Wildman–Crippen LogP) is 1.77. The van der Waals surface area contributed by atoms with Crippen molar-refractivity contribution in [2.45, 2.75) is 19.0 Å². The fourth-order valence-electron chi connectivity index (χ4n) is 2.46. The number of aromatic nitrogens is 4. The van der Waals surface area contributed by atoms with E-state index in [9.17, 15) is 22.8 Å². The molecule has 10 heteroatoms. The molecule has 0 aromatic carbocycles. The lowest BCUT2D eigenvalue weighted by atomic mass is 10.1. The zero-order valence-corrected chi connectivity index (χ0v) is 12.9. The Morgan fingerprint density at radius 3 is 2.76 bits per heavy atom. The first-order valence-corrected chi connectivity index (χ1v) is 7.44. The number of H-pyrrole nitrogens is 2. The number of fused-ring (bicyclic) bond motifs is 1. The minimum Gasteiger partial charge on any atom is -0.382 e. The van der Waals surface area contributed by atoms with Gasteiger partial charge in [-0.25, -0.2) is 14.3 Å². The van der Waals surface area contributed by atoms with Crippen LogP contribution < -0.4 is 16.6 Å². The smallest absolute Gasteiger partial charge is 0.382 e. The van der Waals surface area contributed by atoms with Gasteiger partial charge in [0.2, 0.25) is 5.56 Å². The van der Waals surface area contributed by atoms with Crippen LogP contribution in [0.1, 0.15) is 17.5 Å². The van der Waals surface area contributed by atoms with Crippen molar-refractivity contribution >= 4 is 11.3 Å². The van der Waals surface area contributed by atoms with E-state index in [1.54, 1.807) is 6.07 Å². The van der Waals surface area contributed by atoms with Gasteiger partial charge in [-0.3, -0.25) is 4.79 Å². The predicted molar refractivity (Wildman–Crippen MR) is 84.7 cm³/mol. The summed E-state index contributed by atoms with van der Waals surface area (Å²) in [7, 11) is 0. The van der Waals surface area contributed by atoms with Gasteiger partial charge in [-0.15, -0.1) is 0 Å². The van der Waals surface area contributed by atoms with Gasteiger partial charge in [-0.05, 0) is 30.5 Å². The number of alkyl halides is 3. The van der Waals surface area contributed by atoms with Gasteiger partial charge >= 0.3 is 11.9 Å². The Bertz CT molecular complexity index is 1000. The molecule has 0 aliphatic carbocycles. The van der Waals surface area contributed by atoms with Crippen LogP contribution in [-0.2, 0) is 12.6 Å². The molecule has 3 heterocycles. The zero-order valence-electron chi connectivity index (χ0n) is 12.9. The number of anilines is 1. The summed E-state index contributed by atoms with van der Waals surface area (Å²) in [5.41, 5.74) is -0.863. The van der Waals surface area contributed by atoms with Crippen molar-refractivity contribution in [2.75, 3.05) is 11.9 Å². The molecule has 132 valence electrons. The molecule has 3 rings (SSSR count). The second kappa shape index (κ2) is 6.46. The number of hydrogen-bond acceptors (Lipinski definition) is 4. The van der Waals surface area contributed by atoms with E-state index in [2.05, 4.69) is 20.5 Å². The van der Waals surface area contributed by atoms with Crippen LogP contribution in [-0.4, -0.2) is 26.1 Å². The molecule has 0 atom stereocenters. The molecule has 3 aromatic heterocycles. The first-order valence-electron chi connectivity index (χ1n) is 7.44. The average molecular weight is 353 g/mol. The fraction of sp³-hybridized carbons (Fsp3) is 0.267. The number of halogens is 3. The second-order valence-corrected chi connectivity index (χ2v) is 5.45. The standard InChI is InChI=1S/C15H14F3N5O2/c16-15(17,18)10-7-11(13-21-22-14(25)23(13)8-10)19-4-1-2-9-3-5-20-12(24)6-9/h3,5-8,19H,1-2,4H2,(H,20,24)(H,22,25). The fourth-order valence-corrected chi connectivity index (χ4v) is 2.46. The highest BCUT2D eigenvalue weighted by molar-refractivity contribution is 5.68. The largest absolute Gasteiger partial charge is 0.417 e. The summed E-state index contributed by atoms with van der Waals surface area (Å²) in [6, 6.07) is 4.15. The van der Waals surface area contributed by atoms with Gasteiger partial charge in [-0.1, -0.05) is 0 Å². The van der Waals surface area contributed by atoms with Crippen molar-refractivity contribution in [1.29, 1.82) is 0 Å². The summed E-state index contributed by atoms with van der Waals surface area (Å²) in [5.74, 6) is 0. The van der Waals surface area contributed by atoms with Crippen LogP contribution in [0.25, 0.3) is 5.65 Å². The number of pyridine rings is 2. The maximum absolute atomic E-state index is 13.0. The van der Waals surface area contributed by atoms with Gasteiger partial charge in [0, 0.05) is 25.0 Å². The van der Waals surface area contributed by atoms with E-state index in [4.69, 9.17) is 0 Å². The molecule has 25 heavy (non-hydrogen) atoms. The van der Waals surface area contributed by atoms with Crippen molar-refractivity contribution < 1.29 is 13.2 Å². The van der Waals surface area contributed by atoms with Gasteiger partial charge in [0.1, 0.15) is 0 Å². The van der Waals surface area contributed by atoms with E-state index in [0.29, 0.717) is 25.6 Å². The molecule has 0 spiro atoms. The van der Waals surface area contributed by atoms with E-state index in [1.165, 1.54) is 12.3 Å². The summed E-state index contributed by atoms with van der Waals surface area (Å²) >= 11 is 0. The molecule has 0 aliphatic rings. The third kappa shape index (κ3) is 3.73. The van der Waals surface area contributed by atoms with Crippen LogP contribution in [0, 0.1) is 0 Å². The van der Waals surface area contributed by atoms with Crippen molar-refractivity contribution in [3.8, 4) is 0 Å². The molecular weight excluding hydrogens is 339 g/mol. The van der Waals surface area contributed by atoms with Gasteiger partial charge in [0.25, 0.3) is 0 Å². The van der Waals surface area contributed by atoms with E-state index in [-0.39, 0.29) is 16.9 Å². The Labute approximate surface area is 138 Å². The van der Waals surface area contributed by atoms with E-state index >= 15 is 0 Å². The molecule has 7 nitrogen and oxygen atoms in total. The minimum absolute atomic E-state index is 0.0918. The van der Waals surface area contributed by atoms with Crippen LogP contribution in [0.15, 0.2) is 40.2 Å². The lowest BCUT2D eigenvalue weighted by Crippen LogP contribution is -2.15. The van der Waals surface area contributed by atoms with Crippen molar-refractivity contribution in [3.05, 3.63) is 62.6 Å². The molecule has 0 bridgehead atoms. The van der Waals surface area contributed by atoms with Gasteiger partial charge in [0.15, 0.2) is 5.65 Å². The Hall–Kier alpha value is -3.04. The zero-order chi connectivity index (χ0) is 18.0. The molecular formula is C15H14F3N5O2. The summed E-state index contributed by atoms with van der Waals surface area (Å²) < 4.78 is 39.7. The molecule has 3 N–H and O–H groups in total. The first-order chi connectivity index (χ1) is 11.8. The molecule has 0 saturated carbocycles. The number of hydrogen-bond donors (Lipinski definition) is 3. The molecule has 0 amide bonds. The van der Waals surface area contributed by atoms with Crippen LogP contribution in [0.5, 0.6) is 0 Å². The molecule has 0 aliphatic heterocycles. The van der Waals surface area contributed by atoms with Crippen LogP contribution >= 0.6 is 0 Å². The Morgan fingerprint density at radius 1 is 1.24 bits per heavy atom. The number of nitrogens with one attached hydrogen (secondary N) is 3. The Morgan fingerprint density at radius 2 is 2.04 bits per heavy atom. The van der Waals surface area contributed by atoms with Crippen LogP contribution in [0.3, 0.4) is 0 Å². The topological polar surface area (TPSA) is 95.1 Å². The SMILES string of the molecule is O=c1cc(CCCNc2cc(C(F)(F)F)cn3c(=O)[nH]nc23)cc[nH]1. The number of aromatic amines is 2. The highest BCUT2D eigenvalue weighted by Gasteiger charge is 2.32. The van der Waals surface area contributed by atoms with E-state index < -0.39 is 17.4 Å². The second-order valence-electron chi connectivity index (χ2n) is 5.45. The molecule has 0 fully saturated rings. The van der Waals surface area contributed by atoms with E-state index in [1.807, 2.05) is 0 Å². The third-order valence-electron chi connectivity index (χ3n) is 3.64.